The van der Waals surface area contributed by atoms with E-state index in [2.05, 4.69) is 64.1 Å². The van der Waals surface area contributed by atoms with Crippen LogP contribution in [0.4, 0.5) is 0 Å². The molecule has 1 saturated carbocycles. The summed E-state index contributed by atoms with van der Waals surface area (Å²) in [5.41, 5.74) is 0.789. The molecule has 0 bridgehead atoms. The third-order valence-electron chi connectivity index (χ3n) is 4.99. The molecule has 0 radical (unpaired) electrons. The van der Waals surface area contributed by atoms with E-state index in [1.807, 2.05) is 0 Å². The second-order valence-electron chi connectivity index (χ2n) is 7.71. The van der Waals surface area contributed by atoms with E-state index in [9.17, 15) is 0 Å². The molecule has 0 aromatic carbocycles. The van der Waals surface area contributed by atoms with Crippen LogP contribution < -0.4 is 5.32 Å². The van der Waals surface area contributed by atoms with Crippen molar-refractivity contribution in [3.05, 3.63) is 0 Å². The van der Waals surface area contributed by atoms with Crippen molar-refractivity contribution in [3.8, 4) is 0 Å². The molecule has 0 heterocycles. The Morgan fingerprint density at radius 1 is 1.16 bits per heavy atom. The Kier molecular flexibility index (Phi) is 5.84. The van der Waals surface area contributed by atoms with Gasteiger partial charge in [-0.3, -0.25) is 0 Å². The van der Waals surface area contributed by atoms with E-state index >= 15 is 0 Å². The van der Waals surface area contributed by atoms with Gasteiger partial charge in [0.1, 0.15) is 0 Å². The summed E-state index contributed by atoms with van der Waals surface area (Å²) in [4.78, 5) is 4.96. The zero-order valence-electron chi connectivity index (χ0n) is 14.2. The van der Waals surface area contributed by atoms with Gasteiger partial charge in [-0.2, -0.15) is 0 Å². The quantitative estimate of drug-likeness (QED) is 0.766. The molecule has 0 saturated heterocycles. The third kappa shape index (κ3) is 4.44. The minimum atomic E-state index is 0.339. The van der Waals surface area contributed by atoms with Crippen LogP contribution in [0.2, 0.25) is 0 Å². The van der Waals surface area contributed by atoms with Crippen LogP contribution in [0, 0.1) is 5.41 Å². The Bertz CT molecular complexity index is 264. The van der Waals surface area contributed by atoms with E-state index in [-0.39, 0.29) is 0 Å². The summed E-state index contributed by atoms with van der Waals surface area (Å²) in [5, 5.41) is 3.47. The first-order valence-electron chi connectivity index (χ1n) is 7.74. The molecule has 0 aromatic heterocycles. The molecule has 19 heavy (non-hydrogen) atoms. The van der Waals surface area contributed by atoms with E-state index in [4.69, 9.17) is 0 Å². The average Bonchev–Trinajstić information content (AvgIpc) is 2.21. The Balaban J connectivity index is 2.41. The van der Waals surface area contributed by atoms with Crippen LogP contribution in [0.15, 0.2) is 0 Å². The second kappa shape index (κ2) is 6.55. The van der Waals surface area contributed by atoms with Crippen molar-refractivity contribution >= 4 is 0 Å². The van der Waals surface area contributed by atoms with Gasteiger partial charge in [0.15, 0.2) is 0 Å². The molecular formula is C16H35N3. The highest BCUT2D eigenvalue weighted by molar-refractivity contribution is 4.98. The van der Waals surface area contributed by atoms with Gasteiger partial charge < -0.3 is 15.1 Å². The largest absolute Gasteiger partial charge is 0.316 e. The maximum absolute atomic E-state index is 3.47. The van der Waals surface area contributed by atoms with Crippen molar-refractivity contribution in [2.24, 2.45) is 5.41 Å². The van der Waals surface area contributed by atoms with Crippen LogP contribution in [0.1, 0.15) is 46.5 Å². The maximum Gasteiger partial charge on any atom is 0.0330 e. The van der Waals surface area contributed by atoms with Crippen molar-refractivity contribution in [2.75, 3.05) is 41.3 Å². The fraction of sp³-hybridized carbons (Fsp3) is 1.00. The summed E-state index contributed by atoms with van der Waals surface area (Å²) >= 11 is 0. The van der Waals surface area contributed by atoms with Gasteiger partial charge in [0.2, 0.25) is 0 Å². The van der Waals surface area contributed by atoms with Crippen LogP contribution in [0.25, 0.3) is 0 Å². The van der Waals surface area contributed by atoms with Gasteiger partial charge in [0.05, 0.1) is 0 Å². The fourth-order valence-corrected chi connectivity index (χ4v) is 3.27. The Morgan fingerprint density at radius 2 is 1.74 bits per heavy atom. The lowest BCUT2D eigenvalue weighted by Gasteiger charge is -2.49. The molecular weight excluding hydrogens is 234 g/mol. The summed E-state index contributed by atoms with van der Waals surface area (Å²) in [5.74, 6) is 0. The van der Waals surface area contributed by atoms with Crippen LogP contribution in [0.5, 0.6) is 0 Å². The average molecular weight is 269 g/mol. The highest BCUT2D eigenvalue weighted by Gasteiger charge is 2.39. The molecule has 3 nitrogen and oxygen atoms in total. The number of nitrogens with one attached hydrogen (secondary N) is 1. The van der Waals surface area contributed by atoms with Crippen molar-refractivity contribution in [3.63, 3.8) is 0 Å². The molecule has 3 heteroatoms. The van der Waals surface area contributed by atoms with Gasteiger partial charge >= 0.3 is 0 Å². The molecule has 0 spiro atoms. The third-order valence-corrected chi connectivity index (χ3v) is 4.99. The first-order valence-corrected chi connectivity index (χ1v) is 7.74. The predicted molar refractivity (Wildman–Crippen MR) is 84.7 cm³/mol. The first kappa shape index (κ1) is 16.9. The smallest absolute Gasteiger partial charge is 0.0330 e. The molecule has 1 atom stereocenters. The van der Waals surface area contributed by atoms with Crippen molar-refractivity contribution in [1.29, 1.82) is 0 Å². The van der Waals surface area contributed by atoms with E-state index in [0.29, 0.717) is 17.0 Å². The summed E-state index contributed by atoms with van der Waals surface area (Å²) in [7, 11) is 8.83. The van der Waals surface area contributed by atoms with Crippen LogP contribution in [-0.4, -0.2) is 62.7 Å². The van der Waals surface area contributed by atoms with Crippen molar-refractivity contribution in [2.45, 2.75) is 58.0 Å². The first-order chi connectivity index (χ1) is 8.71. The highest BCUT2D eigenvalue weighted by Crippen LogP contribution is 2.36. The van der Waals surface area contributed by atoms with Gasteiger partial charge in [-0.15, -0.1) is 0 Å². The molecule has 1 rings (SSSR count). The van der Waals surface area contributed by atoms with E-state index < -0.39 is 0 Å². The van der Waals surface area contributed by atoms with Crippen LogP contribution in [-0.2, 0) is 0 Å². The van der Waals surface area contributed by atoms with E-state index in [0.717, 1.165) is 0 Å². The summed E-state index contributed by atoms with van der Waals surface area (Å²) in [6.45, 7) is 9.35. The molecule has 1 unspecified atom stereocenters. The van der Waals surface area contributed by atoms with Crippen molar-refractivity contribution in [1.82, 2.24) is 15.1 Å². The standard InChI is InChI=1S/C16H35N3/c1-15(2,3)14(17-4)9-12-19(7)13-16(18(5)6)10-8-11-16/h14,17H,8-13H2,1-7H3. The van der Waals surface area contributed by atoms with Crippen LogP contribution in [0.3, 0.4) is 0 Å². The molecule has 0 amide bonds. The van der Waals surface area contributed by atoms with E-state index in [1.165, 1.54) is 38.8 Å². The van der Waals surface area contributed by atoms with Gasteiger partial charge in [-0.05, 0) is 65.8 Å². The minimum absolute atomic E-state index is 0.339. The zero-order chi connectivity index (χ0) is 14.7. The lowest BCUT2D eigenvalue weighted by molar-refractivity contribution is 0.0261. The summed E-state index contributed by atoms with van der Waals surface area (Å²) in [6, 6.07) is 0.589. The van der Waals surface area contributed by atoms with E-state index in [1.54, 1.807) is 0 Å². The van der Waals surface area contributed by atoms with Crippen molar-refractivity contribution < 1.29 is 0 Å². The number of hydrogen-bond acceptors (Lipinski definition) is 3. The normalized spacial score (nSPS) is 20.7. The lowest BCUT2D eigenvalue weighted by atomic mass is 9.75. The number of likely N-dealkylation sites (N-methyl/N-ethyl adjacent to an activating group) is 2. The van der Waals surface area contributed by atoms with Gasteiger partial charge in [0, 0.05) is 18.1 Å². The predicted octanol–water partition coefficient (Wildman–Crippen LogP) is 2.43. The molecule has 1 N–H and O–H groups in total. The lowest BCUT2D eigenvalue weighted by Crippen LogP contribution is -2.57. The SMILES string of the molecule is CNC(CCN(C)CC1(N(C)C)CCC1)C(C)(C)C. The number of nitrogens with zero attached hydrogens (tertiary/aromatic N) is 2. The van der Waals surface area contributed by atoms with Crippen LogP contribution >= 0.6 is 0 Å². The minimum Gasteiger partial charge on any atom is -0.316 e. The summed E-state index contributed by atoms with van der Waals surface area (Å²) < 4.78 is 0. The Labute approximate surface area is 120 Å². The molecule has 114 valence electrons. The number of rotatable bonds is 7. The number of hydrogen-bond donors (Lipinski definition) is 1. The van der Waals surface area contributed by atoms with Gasteiger partial charge in [-0.25, -0.2) is 0 Å². The van der Waals surface area contributed by atoms with Gasteiger partial charge in [-0.1, -0.05) is 20.8 Å². The zero-order valence-corrected chi connectivity index (χ0v) is 14.2. The molecule has 1 fully saturated rings. The maximum atomic E-state index is 3.47. The second-order valence-corrected chi connectivity index (χ2v) is 7.71. The molecule has 1 aliphatic rings. The summed E-state index contributed by atoms with van der Waals surface area (Å²) in [6.07, 6.45) is 5.34. The highest BCUT2D eigenvalue weighted by atomic mass is 15.2. The molecule has 0 aliphatic heterocycles. The fourth-order valence-electron chi connectivity index (χ4n) is 3.27. The topological polar surface area (TPSA) is 18.5 Å². The Hall–Kier alpha value is -0.120. The monoisotopic (exact) mass is 269 g/mol. The van der Waals surface area contributed by atoms with Gasteiger partial charge in [0.25, 0.3) is 0 Å². The molecule has 0 aromatic rings. The Morgan fingerprint density at radius 3 is 2.05 bits per heavy atom. The molecule has 1 aliphatic carbocycles.